The number of benzene rings is 1. The molecule has 0 saturated carbocycles. The van der Waals surface area contributed by atoms with Crippen LogP contribution in [0.4, 0.5) is 0 Å². The molecule has 0 aliphatic carbocycles. The quantitative estimate of drug-likeness (QED) is 0.791. The molecule has 1 aromatic heterocycles. The van der Waals surface area contributed by atoms with E-state index in [1.807, 2.05) is 31.2 Å². The number of likely N-dealkylation sites (N-methyl/N-ethyl adjacent to an activating group) is 1. The van der Waals surface area contributed by atoms with Crippen molar-refractivity contribution in [3.63, 3.8) is 0 Å². The summed E-state index contributed by atoms with van der Waals surface area (Å²) in [5.41, 5.74) is 1.32. The van der Waals surface area contributed by atoms with Gasteiger partial charge in [-0.05, 0) is 37.4 Å². The van der Waals surface area contributed by atoms with Crippen molar-refractivity contribution in [1.29, 1.82) is 0 Å². The Labute approximate surface area is 125 Å². The van der Waals surface area contributed by atoms with Crippen LogP contribution in [0.25, 0.3) is 0 Å². The predicted octanol–water partition coefficient (Wildman–Crippen LogP) is 3.52. The third-order valence-corrected chi connectivity index (χ3v) is 4.37. The SMILES string of the molecule is CCSc1ccc(C(Cc2nccn2CC)NC)cc1. The first-order chi connectivity index (χ1) is 9.78. The molecule has 0 spiro atoms. The van der Waals surface area contributed by atoms with Gasteiger partial charge in [-0.1, -0.05) is 19.1 Å². The van der Waals surface area contributed by atoms with Crippen LogP contribution in [0.1, 0.15) is 31.3 Å². The van der Waals surface area contributed by atoms with Crippen molar-refractivity contribution in [2.24, 2.45) is 0 Å². The molecular formula is C16H23N3S. The zero-order chi connectivity index (χ0) is 14.4. The lowest BCUT2D eigenvalue weighted by atomic mass is 10.0. The van der Waals surface area contributed by atoms with Crippen LogP contribution in [0.15, 0.2) is 41.6 Å². The Balaban J connectivity index is 2.11. The number of imidazole rings is 1. The number of thioether (sulfide) groups is 1. The second-order valence-corrected chi connectivity index (χ2v) is 6.01. The lowest BCUT2D eigenvalue weighted by molar-refractivity contribution is 0.553. The molecule has 0 fully saturated rings. The lowest BCUT2D eigenvalue weighted by Gasteiger charge is -2.17. The molecule has 1 unspecified atom stereocenters. The molecule has 20 heavy (non-hydrogen) atoms. The van der Waals surface area contributed by atoms with Crippen LogP contribution < -0.4 is 5.32 Å². The van der Waals surface area contributed by atoms with Gasteiger partial charge in [-0.25, -0.2) is 4.98 Å². The molecule has 0 amide bonds. The largest absolute Gasteiger partial charge is 0.335 e. The number of rotatable bonds is 7. The molecule has 1 heterocycles. The number of aromatic nitrogens is 2. The van der Waals surface area contributed by atoms with E-state index in [1.54, 1.807) is 0 Å². The Hall–Kier alpha value is -1.26. The second kappa shape index (κ2) is 7.50. The average Bonchev–Trinajstić information content (AvgIpc) is 2.93. The summed E-state index contributed by atoms with van der Waals surface area (Å²) >= 11 is 1.88. The van der Waals surface area contributed by atoms with E-state index >= 15 is 0 Å². The summed E-state index contributed by atoms with van der Waals surface area (Å²) in [7, 11) is 2.01. The first kappa shape index (κ1) is 15.1. The summed E-state index contributed by atoms with van der Waals surface area (Å²) in [4.78, 5) is 5.80. The van der Waals surface area contributed by atoms with Gasteiger partial charge in [-0.15, -0.1) is 11.8 Å². The summed E-state index contributed by atoms with van der Waals surface area (Å²) in [5.74, 6) is 2.25. The van der Waals surface area contributed by atoms with E-state index in [-0.39, 0.29) is 0 Å². The molecular weight excluding hydrogens is 266 g/mol. The van der Waals surface area contributed by atoms with E-state index in [4.69, 9.17) is 0 Å². The summed E-state index contributed by atoms with van der Waals surface area (Å²) in [6.07, 6.45) is 4.84. The molecule has 2 rings (SSSR count). The highest BCUT2D eigenvalue weighted by atomic mass is 32.2. The fourth-order valence-electron chi connectivity index (χ4n) is 2.35. The minimum absolute atomic E-state index is 0.309. The fourth-order valence-corrected chi connectivity index (χ4v) is 3.01. The smallest absolute Gasteiger partial charge is 0.110 e. The van der Waals surface area contributed by atoms with E-state index in [2.05, 4.69) is 53.0 Å². The summed E-state index contributed by atoms with van der Waals surface area (Å²) in [6, 6.07) is 9.17. The number of hydrogen-bond donors (Lipinski definition) is 1. The summed E-state index contributed by atoms with van der Waals surface area (Å²) in [5, 5.41) is 3.40. The van der Waals surface area contributed by atoms with Gasteiger partial charge in [-0.2, -0.15) is 0 Å². The second-order valence-electron chi connectivity index (χ2n) is 4.68. The first-order valence-electron chi connectivity index (χ1n) is 7.18. The fraction of sp³-hybridized carbons (Fsp3) is 0.438. The highest BCUT2D eigenvalue weighted by molar-refractivity contribution is 7.99. The van der Waals surface area contributed by atoms with E-state index in [0.29, 0.717) is 6.04 Å². The minimum Gasteiger partial charge on any atom is -0.335 e. The van der Waals surface area contributed by atoms with Crippen molar-refractivity contribution in [3.05, 3.63) is 48.0 Å². The van der Waals surface area contributed by atoms with Gasteiger partial charge >= 0.3 is 0 Å². The predicted molar refractivity (Wildman–Crippen MR) is 86.2 cm³/mol. The third-order valence-electron chi connectivity index (χ3n) is 3.47. The van der Waals surface area contributed by atoms with E-state index in [1.165, 1.54) is 10.5 Å². The Morgan fingerprint density at radius 3 is 2.60 bits per heavy atom. The maximum absolute atomic E-state index is 4.47. The van der Waals surface area contributed by atoms with Crippen molar-refractivity contribution in [2.75, 3.05) is 12.8 Å². The van der Waals surface area contributed by atoms with Gasteiger partial charge in [-0.3, -0.25) is 0 Å². The zero-order valence-electron chi connectivity index (χ0n) is 12.5. The number of hydrogen-bond acceptors (Lipinski definition) is 3. The number of nitrogens with one attached hydrogen (secondary N) is 1. The molecule has 0 bridgehead atoms. The Morgan fingerprint density at radius 2 is 2.00 bits per heavy atom. The van der Waals surface area contributed by atoms with E-state index < -0.39 is 0 Å². The number of aryl methyl sites for hydroxylation is 1. The van der Waals surface area contributed by atoms with Crippen LogP contribution in [-0.2, 0) is 13.0 Å². The summed E-state index contributed by atoms with van der Waals surface area (Å²) in [6.45, 7) is 5.30. The van der Waals surface area contributed by atoms with Crippen LogP contribution in [0.3, 0.4) is 0 Å². The van der Waals surface area contributed by atoms with Gasteiger partial charge in [0.2, 0.25) is 0 Å². The Kier molecular flexibility index (Phi) is 5.68. The van der Waals surface area contributed by atoms with Crippen LogP contribution in [0.2, 0.25) is 0 Å². The van der Waals surface area contributed by atoms with Crippen molar-refractivity contribution >= 4 is 11.8 Å². The molecule has 0 aliphatic heterocycles. The van der Waals surface area contributed by atoms with Gasteiger partial charge < -0.3 is 9.88 Å². The Bertz CT molecular complexity index is 519. The first-order valence-corrected chi connectivity index (χ1v) is 8.17. The van der Waals surface area contributed by atoms with Crippen LogP contribution >= 0.6 is 11.8 Å². The van der Waals surface area contributed by atoms with Gasteiger partial charge in [0.15, 0.2) is 0 Å². The van der Waals surface area contributed by atoms with Crippen LogP contribution in [0, 0.1) is 0 Å². The maximum Gasteiger partial charge on any atom is 0.110 e. The number of nitrogens with zero attached hydrogens (tertiary/aromatic N) is 2. The normalized spacial score (nSPS) is 12.6. The molecule has 1 atom stereocenters. The molecule has 1 N–H and O–H groups in total. The van der Waals surface area contributed by atoms with Gasteiger partial charge in [0, 0.05) is 36.3 Å². The van der Waals surface area contributed by atoms with Crippen molar-refractivity contribution in [2.45, 2.75) is 37.8 Å². The highest BCUT2D eigenvalue weighted by Crippen LogP contribution is 2.22. The third kappa shape index (κ3) is 3.64. The molecule has 0 aliphatic rings. The molecule has 1 aromatic carbocycles. The average molecular weight is 289 g/mol. The molecule has 4 heteroatoms. The van der Waals surface area contributed by atoms with Crippen molar-refractivity contribution < 1.29 is 0 Å². The monoisotopic (exact) mass is 289 g/mol. The van der Waals surface area contributed by atoms with Crippen LogP contribution in [0.5, 0.6) is 0 Å². The molecule has 108 valence electrons. The van der Waals surface area contributed by atoms with Gasteiger partial charge in [0.1, 0.15) is 5.82 Å². The minimum atomic E-state index is 0.309. The van der Waals surface area contributed by atoms with E-state index in [0.717, 1.165) is 24.5 Å². The van der Waals surface area contributed by atoms with Gasteiger partial charge in [0.25, 0.3) is 0 Å². The highest BCUT2D eigenvalue weighted by Gasteiger charge is 2.13. The Morgan fingerprint density at radius 1 is 1.25 bits per heavy atom. The zero-order valence-corrected chi connectivity index (χ0v) is 13.3. The molecule has 0 saturated heterocycles. The van der Waals surface area contributed by atoms with Crippen molar-refractivity contribution in [1.82, 2.24) is 14.9 Å². The van der Waals surface area contributed by atoms with E-state index in [9.17, 15) is 0 Å². The standard InChI is InChI=1S/C16H23N3S/c1-4-19-11-10-18-16(19)12-15(17-3)13-6-8-14(9-7-13)20-5-2/h6-11,15,17H,4-5,12H2,1-3H3. The van der Waals surface area contributed by atoms with Crippen LogP contribution in [-0.4, -0.2) is 22.4 Å². The maximum atomic E-state index is 4.47. The molecule has 2 aromatic rings. The summed E-state index contributed by atoms with van der Waals surface area (Å²) < 4.78 is 2.20. The topological polar surface area (TPSA) is 29.9 Å². The van der Waals surface area contributed by atoms with Gasteiger partial charge in [0.05, 0.1) is 0 Å². The molecule has 0 radical (unpaired) electrons. The van der Waals surface area contributed by atoms with Crippen molar-refractivity contribution in [3.8, 4) is 0 Å². The lowest BCUT2D eigenvalue weighted by Crippen LogP contribution is -2.20. The molecule has 3 nitrogen and oxygen atoms in total.